The first-order chi connectivity index (χ1) is 13.5. The van der Waals surface area contributed by atoms with Gasteiger partial charge in [-0.15, -0.1) is 5.10 Å². The number of halogens is 1. The SMILES string of the molecule is CCc1ccc(-n2nnnc2SCC(=O)Nc2ccc([N+](=O)[O-])cc2Cl)cc1. The normalized spacial score (nSPS) is 10.6. The summed E-state index contributed by atoms with van der Waals surface area (Å²) in [6, 6.07) is 11.7. The van der Waals surface area contributed by atoms with Gasteiger partial charge in [0.1, 0.15) is 0 Å². The van der Waals surface area contributed by atoms with Crippen molar-refractivity contribution in [1.82, 2.24) is 20.2 Å². The molecule has 1 aromatic heterocycles. The van der Waals surface area contributed by atoms with Crippen molar-refractivity contribution in [3.05, 3.63) is 63.2 Å². The van der Waals surface area contributed by atoms with Crippen molar-refractivity contribution in [3.8, 4) is 5.69 Å². The number of thioether (sulfide) groups is 1. The Labute approximate surface area is 169 Å². The van der Waals surface area contributed by atoms with Crippen molar-refractivity contribution >= 4 is 40.6 Å². The minimum absolute atomic E-state index is 0.0424. The summed E-state index contributed by atoms with van der Waals surface area (Å²) in [6.07, 6.45) is 0.933. The molecule has 0 spiro atoms. The number of nitro benzene ring substituents is 1. The minimum atomic E-state index is -0.555. The second-order valence-electron chi connectivity index (χ2n) is 5.65. The summed E-state index contributed by atoms with van der Waals surface area (Å²) in [4.78, 5) is 22.4. The lowest BCUT2D eigenvalue weighted by Crippen LogP contribution is -2.15. The number of carbonyl (C=O) groups excluding carboxylic acids is 1. The molecule has 0 unspecified atom stereocenters. The van der Waals surface area contributed by atoms with Gasteiger partial charge in [-0.3, -0.25) is 14.9 Å². The average molecular weight is 419 g/mol. The van der Waals surface area contributed by atoms with Gasteiger partial charge in [0.15, 0.2) is 0 Å². The maximum absolute atomic E-state index is 12.2. The number of nitrogens with zero attached hydrogens (tertiary/aromatic N) is 5. The van der Waals surface area contributed by atoms with Gasteiger partial charge in [-0.25, -0.2) is 0 Å². The molecule has 1 N–H and O–H groups in total. The number of aromatic nitrogens is 4. The Bertz CT molecular complexity index is 1010. The van der Waals surface area contributed by atoms with E-state index in [4.69, 9.17) is 11.6 Å². The summed E-state index contributed by atoms with van der Waals surface area (Å²) in [5.74, 6) is -0.294. The molecule has 28 heavy (non-hydrogen) atoms. The molecule has 0 radical (unpaired) electrons. The van der Waals surface area contributed by atoms with Gasteiger partial charge in [-0.05, 0) is 40.6 Å². The second kappa shape index (κ2) is 8.81. The van der Waals surface area contributed by atoms with E-state index in [0.29, 0.717) is 10.8 Å². The molecule has 11 heteroatoms. The van der Waals surface area contributed by atoms with Crippen LogP contribution in [0.15, 0.2) is 47.6 Å². The third kappa shape index (κ3) is 4.65. The number of non-ortho nitro benzene ring substituents is 1. The number of aryl methyl sites for hydroxylation is 1. The van der Waals surface area contributed by atoms with E-state index < -0.39 is 4.92 Å². The summed E-state index contributed by atoms with van der Waals surface area (Å²) in [7, 11) is 0. The van der Waals surface area contributed by atoms with Crippen LogP contribution in [0.1, 0.15) is 12.5 Å². The van der Waals surface area contributed by atoms with Gasteiger partial charge < -0.3 is 5.32 Å². The number of hydrogen-bond donors (Lipinski definition) is 1. The Morgan fingerprint density at radius 2 is 2.04 bits per heavy atom. The summed E-state index contributed by atoms with van der Waals surface area (Å²) < 4.78 is 1.55. The number of anilines is 1. The first-order valence-corrected chi connectivity index (χ1v) is 9.58. The van der Waals surface area contributed by atoms with Gasteiger partial charge in [-0.2, -0.15) is 4.68 Å². The predicted octanol–water partition coefficient (Wildman–Crippen LogP) is 3.52. The van der Waals surface area contributed by atoms with Crippen LogP contribution in [0.2, 0.25) is 5.02 Å². The first-order valence-electron chi connectivity index (χ1n) is 8.22. The Morgan fingerprint density at radius 1 is 1.29 bits per heavy atom. The van der Waals surface area contributed by atoms with Crippen LogP contribution in [0.3, 0.4) is 0 Å². The number of amides is 1. The molecular weight excluding hydrogens is 404 g/mol. The van der Waals surface area contributed by atoms with Crippen LogP contribution in [0.5, 0.6) is 0 Å². The summed E-state index contributed by atoms with van der Waals surface area (Å²) in [5.41, 5.74) is 2.15. The molecule has 3 aromatic rings. The third-order valence-electron chi connectivity index (χ3n) is 3.80. The van der Waals surface area contributed by atoms with Crippen LogP contribution in [0, 0.1) is 10.1 Å². The molecule has 0 bridgehead atoms. The quantitative estimate of drug-likeness (QED) is 0.354. The summed E-state index contributed by atoms with van der Waals surface area (Å²) in [5, 5.41) is 25.5. The lowest BCUT2D eigenvalue weighted by atomic mass is 10.1. The molecule has 2 aromatic carbocycles. The molecule has 9 nitrogen and oxygen atoms in total. The number of benzene rings is 2. The van der Waals surface area contributed by atoms with Crippen molar-refractivity contribution in [1.29, 1.82) is 0 Å². The van der Waals surface area contributed by atoms with Crippen molar-refractivity contribution < 1.29 is 9.72 Å². The Morgan fingerprint density at radius 3 is 2.68 bits per heavy atom. The van der Waals surface area contributed by atoms with Crippen LogP contribution >= 0.6 is 23.4 Å². The van der Waals surface area contributed by atoms with Gasteiger partial charge in [0, 0.05) is 12.1 Å². The first kappa shape index (κ1) is 19.8. The van der Waals surface area contributed by atoms with E-state index in [9.17, 15) is 14.9 Å². The highest BCUT2D eigenvalue weighted by Gasteiger charge is 2.14. The van der Waals surface area contributed by atoms with Gasteiger partial charge in [0.25, 0.3) is 5.69 Å². The Kier molecular flexibility index (Phi) is 6.22. The van der Waals surface area contributed by atoms with E-state index in [2.05, 4.69) is 27.8 Å². The van der Waals surface area contributed by atoms with E-state index in [1.54, 1.807) is 4.68 Å². The van der Waals surface area contributed by atoms with Crippen LogP contribution in [-0.2, 0) is 11.2 Å². The molecule has 0 saturated carbocycles. The van der Waals surface area contributed by atoms with Crippen molar-refractivity contribution in [2.45, 2.75) is 18.5 Å². The number of hydrogen-bond acceptors (Lipinski definition) is 7. The van der Waals surface area contributed by atoms with Gasteiger partial charge in [0.2, 0.25) is 11.1 Å². The highest BCUT2D eigenvalue weighted by molar-refractivity contribution is 7.99. The third-order valence-corrected chi connectivity index (χ3v) is 5.03. The fourth-order valence-electron chi connectivity index (χ4n) is 2.34. The topological polar surface area (TPSA) is 116 Å². The lowest BCUT2D eigenvalue weighted by Gasteiger charge is -2.07. The van der Waals surface area contributed by atoms with Crippen LogP contribution in [-0.4, -0.2) is 36.8 Å². The van der Waals surface area contributed by atoms with E-state index >= 15 is 0 Å². The van der Waals surface area contributed by atoms with Gasteiger partial charge in [0.05, 0.1) is 27.1 Å². The Balaban J connectivity index is 1.64. The smallest absolute Gasteiger partial charge is 0.271 e. The summed E-state index contributed by atoms with van der Waals surface area (Å²) >= 11 is 7.15. The minimum Gasteiger partial charge on any atom is -0.324 e. The number of tetrazole rings is 1. The zero-order valence-corrected chi connectivity index (χ0v) is 16.3. The van der Waals surface area contributed by atoms with E-state index in [-0.39, 0.29) is 22.4 Å². The number of carbonyl (C=O) groups is 1. The molecule has 0 atom stereocenters. The van der Waals surface area contributed by atoms with Crippen LogP contribution in [0.4, 0.5) is 11.4 Å². The maximum Gasteiger partial charge on any atom is 0.271 e. The number of nitro groups is 1. The van der Waals surface area contributed by atoms with Gasteiger partial charge >= 0.3 is 0 Å². The molecule has 0 aliphatic heterocycles. The molecule has 1 amide bonds. The molecule has 0 aliphatic carbocycles. The number of nitrogens with one attached hydrogen (secondary N) is 1. The van der Waals surface area contributed by atoms with Crippen molar-refractivity contribution in [2.24, 2.45) is 0 Å². The van der Waals surface area contributed by atoms with E-state index in [1.165, 1.54) is 23.8 Å². The Hall–Kier alpha value is -2.98. The zero-order chi connectivity index (χ0) is 20.1. The molecule has 1 heterocycles. The average Bonchev–Trinajstić information content (AvgIpc) is 3.16. The highest BCUT2D eigenvalue weighted by atomic mass is 35.5. The lowest BCUT2D eigenvalue weighted by molar-refractivity contribution is -0.384. The highest BCUT2D eigenvalue weighted by Crippen LogP contribution is 2.27. The van der Waals surface area contributed by atoms with Crippen LogP contribution < -0.4 is 5.32 Å². The monoisotopic (exact) mass is 418 g/mol. The zero-order valence-electron chi connectivity index (χ0n) is 14.7. The van der Waals surface area contributed by atoms with Crippen LogP contribution in [0.25, 0.3) is 5.69 Å². The fraction of sp³-hybridized carbons (Fsp3) is 0.176. The molecular formula is C17H15ClN6O3S. The number of rotatable bonds is 7. The second-order valence-corrected chi connectivity index (χ2v) is 7.00. The van der Waals surface area contributed by atoms with E-state index in [1.807, 2.05) is 24.3 Å². The molecule has 0 saturated heterocycles. The van der Waals surface area contributed by atoms with Gasteiger partial charge in [-0.1, -0.05) is 42.4 Å². The fourth-order valence-corrected chi connectivity index (χ4v) is 3.25. The molecule has 144 valence electrons. The van der Waals surface area contributed by atoms with E-state index in [0.717, 1.165) is 23.9 Å². The predicted molar refractivity (Wildman–Crippen MR) is 106 cm³/mol. The molecule has 0 fully saturated rings. The van der Waals surface area contributed by atoms with Crippen molar-refractivity contribution in [2.75, 3.05) is 11.1 Å². The largest absolute Gasteiger partial charge is 0.324 e. The van der Waals surface area contributed by atoms with Crippen molar-refractivity contribution in [3.63, 3.8) is 0 Å². The maximum atomic E-state index is 12.2. The molecule has 3 rings (SSSR count). The molecule has 0 aliphatic rings. The standard InChI is InChI=1S/C17H15ClN6O3S/c1-2-11-3-5-12(6-4-11)23-17(20-21-22-23)28-10-16(25)19-15-8-7-13(24(26)27)9-14(15)18/h3-9H,2,10H2,1H3,(H,19,25). The summed E-state index contributed by atoms with van der Waals surface area (Å²) in [6.45, 7) is 2.07.